The fourth-order valence-corrected chi connectivity index (χ4v) is 5.51. The topological polar surface area (TPSA) is 52.6 Å². The molecule has 0 saturated carbocycles. The van der Waals surface area contributed by atoms with Crippen molar-refractivity contribution in [1.82, 2.24) is 0 Å². The molecule has 0 fully saturated rings. The Morgan fingerprint density at radius 1 is 0.474 bits per heavy atom. The molecule has 0 aliphatic heterocycles. The van der Waals surface area contributed by atoms with Crippen LogP contribution in [-0.4, -0.2) is 26.2 Å². The van der Waals surface area contributed by atoms with E-state index in [-0.39, 0.29) is 11.9 Å². The number of carbonyl (C=O) groups excluding carboxylic acids is 2. The number of aryl methyl sites for hydroxylation is 2. The molecule has 0 aromatic heterocycles. The number of methoxy groups -OCH3 is 2. The van der Waals surface area contributed by atoms with Gasteiger partial charge in [0.2, 0.25) is 0 Å². The predicted octanol–water partition coefficient (Wildman–Crippen LogP) is 8.16. The van der Waals surface area contributed by atoms with Gasteiger partial charge < -0.3 is 9.47 Å². The van der Waals surface area contributed by atoms with Crippen LogP contribution in [0.5, 0.6) is 0 Å². The molecule has 0 aliphatic rings. The number of esters is 2. The molecule has 6 aromatic rings. The Morgan fingerprint density at radius 3 is 1.29 bits per heavy atom. The number of hydrogen-bond acceptors (Lipinski definition) is 4. The molecule has 0 atom stereocenters. The van der Waals surface area contributed by atoms with Crippen molar-refractivity contribution in [3.63, 3.8) is 0 Å². The van der Waals surface area contributed by atoms with E-state index in [1.165, 1.54) is 25.3 Å². The Morgan fingerprint density at radius 2 is 0.895 bits per heavy atom. The Hall–Kier alpha value is -4.70. The predicted molar refractivity (Wildman–Crippen MR) is 154 cm³/mol. The second kappa shape index (κ2) is 9.00. The third kappa shape index (κ3) is 3.77. The zero-order chi connectivity index (χ0) is 26.6. The molecule has 0 N–H and O–H groups in total. The maximum absolute atomic E-state index is 12.6. The van der Waals surface area contributed by atoms with Gasteiger partial charge in [0.1, 0.15) is 0 Å². The van der Waals surface area contributed by atoms with Crippen molar-refractivity contribution in [3.8, 4) is 11.1 Å². The van der Waals surface area contributed by atoms with Crippen LogP contribution in [-0.2, 0) is 9.47 Å². The highest BCUT2D eigenvalue weighted by atomic mass is 16.5. The lowest BCUT2D eigenvalue weighted by atomic mass is 9.85. The van der Waals surface area contributed by atoms with Gasteiger partial charge in [0, 0.05) is 0 Å². The van der Waals surface area contributed by atoms with Crippen LogP contribution < -0.4 is 0 Å². The fourth-order valence-electron chi connectivity index (χ4n) is 5.51. The minimum absolute atomic E-state index is 0.381. The summed E-state index contributed by atoms with van der Waals surface area (Å²) in [7, 11) is 2.79. The van der Waals surface area contributed by atoms with Crippen LogP contribution in [0, 0.1) is 13.8 Å². The lowest BCUT2D eigenvalue weighted by Gasteiger charge is -2.18. The van der Waals surface area contributed by atoms with Crippen LogP contribution in [0.25, 0.3) is 54.2 Å². The van der Waals surface area contributed by atoms with Crippen LogP contribution in [0.3, 0.4) is 0 Å². The lowest BCUT2D eigenvalue weighted by Crippen LogP contribution is -2.02. The third-order valence-corrected chi connectivity index (χ3v) is 7.31. The molecule has 186 valence electrons. The highest BCUT2D eigenvalue weighted by Gasteiger charge is 2.19. The van der Waals surface area contributed by atoms with E-state index in [4.69, 9.17) is 9.47 Å². The highest BCUT2D eigenvalue weighted by molar-refractivity contribution is 6.24. The fraction of sp³-hybridized carbons (Fsp3) is 0.118. The average molecular weight is 499 g/mol. The summed E-state index contributed by atoms with van der Waals surface area (Å²) in [6.07, 6.45) is 0. The largest absolute Gasteiger partial charge is 0.465 e. The first kappa shape index (κ1) is 23.7. The molecule has 0 unspecified atom stereocenters. The van der Waals surface area contributed by atoms with E-state index in [0.29, 0.717) is 11.1 Å². The van der Waals surface area contributed by atoms with Gasteiger partial charge in [0.25, 0.3) is 0 Å². The third-order valence-electron chi connectivity index (χ3n) is 7.31. The van der Waals surface area contributed by atoms with E-state index in [2.05, 4.69) is 62.4 Å². The van der Waals surface area contributed by atoms with Crippen LogP contribution in [0.15, 0.2) is 84.9 Å². The number of rotatable bonds is 3. The maximum atomic E-state index is 12.6. The molecule has 0 spiro atoms. The molecule has 0 bridgehead atoms. The van der Waals surface area contributed by atoms with Gasteiger partial charge in [-0.1, -0.05) is 59.7 Å². The number of hydrogen-bond donors (Lipinski definition) is 0. The molecular formula is C34H26O4. The second-order valence-corrected chi connectivity index (χ2v) is 9.81. The summed E-state index contributed by atoms with van der Waals surface area (Å²) in [5.41, 5.74) is 5.35. The first-order valence-electron chi connectivity index (χ1n) is 12.5. The van der Waals surface area contributed by atoms with Gasteiger partial charge in [-0.25, -0.2) is 9.59 Å². The molecule has 4 heteroatoms. The minimum Gasteiger partial charge on any atom is -0.465 e. The summed E-state index contributed by atoms with van der Waals surface area (Å²) in [5, 5.41) is 8.30. The lowest BCUT2D eigenvalue weighted by molar-refractivity contribution is 0.0592. The number of fused-ring (bicyclic) bond motifs is 4. The van der Waals surface area contributed by atoms with Crippen LogP contribution in [0.1, 0.15) is 31.8 Å². The average Bonchev–Trinajstić information content (AvgIpc) is 2.93. The monoisotopic (exact) mass is 498 g/mol. The van der Waals surface area contributed by atoms with Crippen molar-refractivity contribution in [2.24, 2.45) is 0 Å². The van der Waals surface area contributed by atoms with E-state index < -0.39 is 0 Å². The zero-order valence-corrected chi connectivity index (χ0v) is 21.7. The first-order valence-corrected chi connectivity index (χ1v) is 12.5. The molecule has 0 heterocycles. The van der Waals surface area contributed by atoms with Crippen LogP contribution in [0.4, 0.5) is 0 Å². The Bertz CT molecular complexity index is 1810. The van der Waals surface area contributed by atoms with Crippen molar-refractivity contribution >= 4 is 55.0 Å². The van der Waals surface area contributed by atoms with Crippen molar-refractivity contribution in [2.75, 3.05) is 14.2 Å². The Balaban J connectivity index is 1.87. The minimum atomic E-state index is -0.381. The standard InChI is InChI=1S/C34H26O4/c1-19-5-11-27-25(13-19)15-21-7-9-23(33(35)37-3)17-29(21)31(27)32-28-12-6-20(2)14-26(28)16-22-8-10-24(18-30(22)32)34(36)38-4/h5-18H,1-4H3. The van der Waals surface area contributed by atoms with Crippen molar-refractivity contribution < 1.29 is 19.1 Å². The van der Waals surface area contributed by atoms with Crippen molar-refractivity contribution in [2.45, 2.75) is 13.8 Å². The van der Waals surface area contributed by atoms with Crippen LogP contribution >= 0.6 is 0 Å². The van der Waals surface area contributed by atoms with Gasteiger partial charge >= 0.3 is 11.9 Å². The summed E-state index contributed by atoms with van der Waals surface area (Å²) in [6.45, 7) is 4.17. The SMILES string of the molecule is COC(=O)c1ccc2cc3cc(C)ccc3c(-c3c4ccc(C)cc4cc4ccc(C(=O)OC)cc34)c2c1. The smallest absolute Gasteiger partial charge is 0.337 e. The molecule has 0 aliphatic carbocycles. The van der Waals surface area contributed by atoms with Gasteiger partial charge in [-0.2, -0.15) is 0 Å². The van der Waals surface area contributed by atoms with Crippen molar-refractivity contribution in [3.05, 3.63) is 107 Å². The molecule has 0 saturated heterocycles. The molecule has 6 rings (SSSR count). The highest BCUT2D eigenvalue weighted by Crippen LogP contribution is 2.44. The second-order valence-electron chi connectivity index (χ2n) is 9.81. The first-order chi connectivity index (χ1) is 18.4. The summed E-state index contributed by atoms with van der Waals surface area (Å²) in [6, 6.07) is 28.6. The molecule has 6 aromatic carbocycles. The van der Waals surface area contributed by atoms with Gasteiger partial charge in [0.15, 0.2) is 0 Å². The van der Waals surface area contributed by atoms with E-state index in [9.17, 15) is 9.59 Å². The quantitative estimate of drug-likeness (QED) is 0.182. The molecular weight excluding hydrogens is 472 g/mol. The molecule has 0 amide bonds. The number of benzene rings is 6. The van der Waals surface area contributed by atoms with Gasteiger partial charge in [-0.15, -0.1) is 0 Å². The van der Waals surface area contributed by atoms with Crippen molar-refractivity contribution in [1.29, 1.82) is 0 Å². The molecule has 4 nitrogen and oxygen atoms in total. The van der Waals surface area contributed by atoms with E-state index in [1.807, 2.05) is 24.3 Å². The number of ether oxygens (including phenoxy) is 2. The number of carbonyl (C=O) groups is 2. The van der Waals surface area contributed by atoms with E-state index >= 15 is 0 Å². The molecule has 0 radical (unpaired) electrons. The molecule has 38 heavy (non-hydrogen) atoms. The van der Waals surface area contributed by atoms with Crippen LogP contribution in [0.2, 0.25) is 0 Å². The summed E-state index contributed by atoms with van der Waals surface area (Å²) >= 11 is 0. The van der Waals surface area contributed by atoms with Gasteiger partial charge in [-0.3, -0.25) is 0 Å². The zero-order valence-electron chi connectivity index (χ0n) is 21.7. The van der Waals surface area contributed by atoms with E-state index in [0.717, 1.165) is 54.2 Å². The maximum Gasteiger partial charge on any atom is 0.337 e. The summed E-state index contributed by atoms with van der Waals surface area (Å²) < 4.78 is 10.1. The normalized spacial score (nSPS) is 11.4. The summed E-state index contributed by atoms with van der Waals surface area (Å²) in [5.74, 6) is -0.763. The van der Waals surface area contributed by atoms with Gasteiger partial charge in [-0.05, 0) is 104 Å². The Kier molecular flexibility index (Phi) is 5.61. The Labute approximate surface area is 220 Å². The summed E-state index contributed by atoms with van der Waals surface area (Å²) in [4.78, 5) is 25.1. The van der Waals surface area contributed by atoms with Gasteiger partial charge in [0.05, 0.1) is 25.3 Å². The van der Waals surface area contributed by atoms with E-state index in [1.54, 1.807) is 12.1 Å².